The minimum absolute atomic E-state index is 0.117. The quantitative estimate of drug-likeness (QED) is 0.848. The van der Waals surface area contributed by atoms with Gasteiger partial charge in [-0.2, -0.15) is 0 Å². The topological polar surface area (TPSA) is 67.2 Å². The summed E-state index contributed by atoms with van der Waals surface area (Å²) in [6, 6.07) is 0.148. The maximum atomic E-state index is 12.0. The minimum Gasteiger partial charge on any atom is -0.348 e. The van der Waals surface area contributed by atoms with Gasteiger partial charge in [0.25, 0.3) is 0 Å². The van der Waals surface area contributed by atoms with Crippen LogP contribution in [0.3, 0.4) is 0 Å². The predicted molar refractivity (Wildman–Crippen MR) is 86.1 cm³/mol. The Morgan fingerprint density at radius 2 is 2.22 bits per heavy atom. The number of likely N-dealkylation sites (tertiary alicyclic amines) is 1. The first-order valence-electron chi connectivity index (χ1n) is 7.82. The molecule has 0 aromatic carbocycles. The molecular weight excluding hydrogens is 292 g/mol. The molecule has 7 nitrogen and oxygen atoms in total. The summed E-state index contributed by atoms with van der Waals surface area (Å²) < 4.78 is 1.92. The van der Waals surface area contributed by atoms with Crippen molar-refractivity contribution in [1.29, 1.82) is 0 Å². The van der Waals surface area contributed by atoms with E-state index in [9.17, 15) is 4.79 Å². The van der Waals surface area contributed by atoms with Crippen LogP contribution in [0.15, 0.2) is 24.8 Å². The number of hydrogen-bond acceptors (Lipinski definition) is 5. The van der Waals surface area contributed by atoms with Gasteiger partial charge < -0.3 is 4.90 Å². The fraction of sp³-hybridized carbons (Fsp3) is 0.500. The van der Waals surface area contributed by atoms with Gasteiger partial charge in [0.2, 0.25) is 5.91 Å². The summed E-state index contributed by atoms with van der Waals surface area (Å²) in [5, 5.41) is 0. The number of carbonyl (C=O) groups is 1. The van der Waals surface area contributed by atoms with Crippen molar-refractivity contribution >= 4 is 5.91 Å². The standard InChI is InChI=1S/C16H22N6O/c1-12-18-6-8-22(12)15-10-17-9-13(19-15)14-5-4-7-21(14)11-16(23)20(2)3/h6,8-10,14H,4-5,7,11H2,1-3H3/t14-/m0/s1. The fourth-order valence-electron chi connectivity index (χ4n) is 2.93. The summed E-state index contributed by atoms with van der Waals surface area (Å²) in [5.74, 6) is 1.76. The van der Waals surface area contributed by atoms with Crippen molar-refractivity contribution in [3.05, 3.63) is 36.3 Å². The van der Waals surface area contributed by atoms with Gasteiger partial charge in [-0.15, -0.1) is 0 Å². The summed E-state index contributed by atoms with van der Waals surface area (Å²) in [6.45, 7) is 3.28. The van der Waals surface area contributed by atoms with Crippen LogP contribution in [0.5, 0.6) is 0 Å². The van der Waals surface area contributed by atoms with Crippen LogP contribution < -0.4 is 0 Å². The lowest BCUT2D eigenvalue weighted by molar-refractivity contribution is -0.130. The van der Waals surface area contributed by atoms with E-state index in [1.165, 1.54) is 0 Å². The highest BCUT2D eigenvalue weighted by atomic mass is 16.2. The van der Waals surface area contributed by atoms with Crippen LogP contribution in [0, 0.1) is 6.92 Å². The molecule has 122 valence electrons. The molecule has 0 bridgehead atoms. The Kier molecular flexibility index (Phi) is 4.38. The van der Waals surface area contributed by atoms with Gasteiger partial charge in [-0.1, -0.05) is 0 Å². The maximum Gasteiger partial charge on any atom is 0.236 e. The number of carbonyl (C=O) groups excluding carboxylic acids is 1. The summed E-state index contributed by atoms with van der Waals surface area (Å²) >= 11 is 0. The van der Waals surface area contributed by atoms with E-state index in [2.05, 4.69) is 14.9 Å². The van der Waals surface area contributed by atoms with E-state index in [0.717, 1.165) is 36.7 Å². The van der Waals surface area contributed by atoms with Gasteiger partial charge in [0.05, 0.1) is 30.7 Å². The third-order valence-electron chi connectivity index (χ3n) is 4.26. The molecule has 23 heavy (non-hydrogen) atoms. The molecule has 0 saturated carbocycles. The Morgan fingerprint density at radius 3 is 2.91 bits per heavy atom. The number of likely N-dealkylation sites (N-methyl/N-ethyl adjacent to an activating group) is 1. The van der Waals surface area contributed by atoms with E-state index in [0.29, 0.717) is 6.54 Å². The first kappa shape index (κ1) is 15.6. The second-order valence-electron chi connectivity index (χ2n) is 6.06. The molecule has 1 aliphatic rings. The van der Waals surface area contributed by atoms with Crippen LogP contribution in [-0.2, 0) is 4.79 Å². The summed E-state index contributed by atoms with van der Waals surface area (Å²) in [7, 11) is 3.57. The van der Waals surface area contributed by atoms with Crippen LogP contribution in [0.4, 0.5) is 0 Å². The Hall–Kier alpha value is -2.28. The molecule has 0 spiro atoms. The lowest BCUT2D eigenvalue weighted by Gasteiger charge is -2.24. The molecule has 2 aromatic heterocycles. The van der Waals surface area contributed by atoms with Gasteiger partial charge in [-0.05, 0) is 26.3 Å². The average Bonchev–Trinajstić information content (AvgIpc) is 3.16. The Morgan fingerprint density at radius 1 is 1.39 bits per heavy atom. The van der Waals surface area contributed by atoms with E-state index in [4.69, 9.17) is 4.98 Å². The third kappa shape index (κ3) is 3.24. The van der Waals surface area contributed by atoms with Gasteiger partial charge in [0.15, 0.2) is 5.82 Å². The molecule has 1 saturated heterocycles. The van der Waals surface area contributed by atoms with Crippen molar-refractivity contribution in [2.24, 2.45) is 0 Å². The molecule has 1 fully saturated rings. The molecule has 2 aromatic rings. The summed E-state index contributed by atoms with van der Waals surface area (Å²) in [6.07, 6.45) is 9.25. The lowest BCUT2D eigenvalue weighted by atomic mass is 10.1. The number of amides is 1. The second-order valence-corrected chi connectivity index (χ2v) is 6.06. The maximum absolute atomic E-state index is 12.0. The highest BCUT2D eigenvalue weighted by Crippen LogP contribution is 2.30. The second kappa shape index (κ2) is 6.45. The smallest absolute Gasteiger partial charge is 0.236 e. The van der Waals surface area contributed by atoms with Crippen molar-refractivity contribution in [2.75, 3.05) is 27.2 Å². The highest BCUT2D eigenvalue weighted by molar-refractivity contribution is 5.77. The SMILES string of the molecule is Cc1nccn1-c1cncc([C@@H]2CCCN2CC(=O)N(C)C)n1. The van der Waals surface area contributed by atoms with Crippen molar-refractivity contribution in [2.45, 2.75) is 25.8 Å². The van der Waals surface area contributed by atoms with Gasteiger partial charge in [-0.3, -0.25) is 19.2 Å². The summed E-state index contributed by atoms with van der Waals surface area (Å²) in [4.78, 5) is 29.2. The highest BCUT2D eigenvalue weighted by Gasteiger charge is 2.29. The van der Waals surface area contributed by atoms with Crippen LogP contribution in [0.1, 0.15) is 30.4 Å². The van der Waals surface area contributed by atoms with E-state index in [1.807, 2.05) is 17.7 Å². The Labute approximate surface area is 136 Å². The third-order valence-corrected chi connectivity index (χ3v) is 4.26. The van der Waals surface area contributed by atoms with Crippen LogP contribution in [0.25, 0.3) is 5.82 Å². The van der Waals surface area contributed by atoms with Crippen molar-refractivity contribution in [3.63, 3.8) is 0 Å². The van der Waals surface area contributed by atoms with Crippen LogP contribution in [0.2, 0.25) is 0 Å². The van der Waals surface area contributed by atoms with Gasteiger partial charge >= 0.3 is 0 Å². The molecule has 1 amide bonds. The normalized spacial score (nSPS) is 18.3. The minimum atomic E-state index is 0.117. The Balaban J connectivity index is 1.83. The molecule has 1 atom stereocenters. The van der Waals surface area contributed by atoms with E-state index in [-0.39, 0.29) is 11.9 Å². The number of nitrogens with zero attached hydrogens (tertiary/aromatic N) is 6. The van der Waals surface area contributed by atoms with E-state index in [1.54, 1.807) is 37.6 Å². The molecule has 7 heteroatoms. The molecule has 0 N–H and O–H groups in total. The van der Waals surface area contributed by atoms with Crippen LogP contribution >= 0.6 is 0 Å². The molecular formula is C16H22N6O. The van der Waals surface area contributed by atoms with Crippen molar-refractivity contribution in [1.82, 2.24) is 29.3 Å². The number of aryl methyl sites for hydroxylation is 1. The zero-order valence-corrected chi connectivity index (χ0v) is 13.8. The van der Waals surface area contributed by atoms with E-state index < -0.39 is 0 Å². The zero-order valence-electron chi connectivity index (χ0n) is 13.8. The molecule has 0 aliphatic carbocycles. The molecule has 0 unspecified atom stereocenters. The lowest BCUT2D eigenvalue weighted by Crippen LogP contribution is -2.36. The number of rotatable bonds is 4. The van der Waals surface area contributed by atoms with E-state index >= 15 is 0 Å². The first-order valence-corrected chi connectivity index (χ1v) is 7.82. The number of aromatic nitrogens is 4. The average molecular weight is 314 g/mol. The number of imidazole rings is 1. The fourth-order valence-corrected chi connectivity index (χ4v) is 2.93. The van der Waals surface area contributed by atoms with Gasteiger partial charge in [0.1, 0.15) is 5.82 Å². The summed E-state index contributed by atoms with van der Waals surface area (Å²) in [5.41, 5.74) is 0.916. The zero-order chi connectivity index (χ0) is 16.4. The predicted octanol–water partition coefficient (Wildman–Crippen LogP) is 1.20. The van der Waals surface area contributed by atoms with Crippen molar-refractivity contribution in [3.8, 4) is 5.82 Å². The monoisotopic (exact) mass is 314 g/mol. The molecule has 0 radical (unpaired) electrons. The first-order chi connectivity index (χ1) is 11.1. The van der Waals surface area contributed by atoms with Crippen LogP contribution in [-0.4, -0.2) is 62.4 Å². The largest absolute Gasteiger partial charge is 0.348 e. The molecule has 3 heterocycles. The van der Waals surface area contributed by atoms with Gasteiger partial charge in [0, 0.05) is 26.5 Å². The van der Waals surface area contributed by atoms with Gasteiger partial charge in [-0.25, -0.2) is 9.97 Å². The van der Waals surface area contributed by atoms with Crippen molar-refractivity contribution < 1.29 is 4.79 Å². The molecule has 1 aliphatic heterocycles. The number of hydrogen-bond donors (Lipinski definition) is 0. The Bertz CT molecular complexity index is 695. The molecule has 3 rings (SSSR count).